The number of likely N-dealkylation sites (tertiary alicyclic amines) is 1. The topological polar surface area (TPSA) is 51.4 Å². The molecule has 5 heteroatoms. The zero-order valence-electron chi connectivity index (χ0n) is 15.8. The molecule has 140 valence electrons. The van der Waals surface area contributed by atoms with Gasteiger partial charge >= 0.3 is 0 Å². The van der Waals surface area contributed by atoms with Gasteiger partial charge in [-0.15, -0.1) is 0 Å². The van der Waals surface area contributed by atoms with Crippen molar-refractivity contribution in [2.45, 2.75) is 39.2 Å². The van der Waals surface area contributed by atoms with E-state index in [1.165, 1.54) is 12.1 Å². The van der Waals surface area contributed by atoms with Crippen LogP contribution in [0.4, 0.5) is 10.1 Å². The van der Waals surface area contributed by atoms with Crippen LogP contribution < -0.4 is 10.5 Å². The molecule has 0 radical (unpaired) electrons. The summed E-state index contributed by atoms with van der Waals surface area (Å²) in [6.07, 6.45) is 4.61. The maximum absolute atomic E-state index is 14.1. The minimum Gasteiger partial charge on any atom is -0.474 e. The highest BCUT2D eigenvalue weighted by molar-refractivity contribution is 5.79. The zero-order chi connectivity index (χ0) is 18.7. The molecule has 0 bridgehead atoms. The Kier molecular flexibility index (Phi) is 5.77. The molecule has 1 aliphatic heterocycles. The van der Waals surface area contributed by atoms with E-state index in [0.29, 0.717) is 23.0 Å². The molecule has 0 amide bonds. The predicted octanol–water partition coefficient (Wildman–Crippen LogP) is 4.14. The maximum Gasteiger partial charge on any atom is 0.214 e. The molecule has 3 rings (SSSR count). The van der Waals surface area contributed by atoms with Crippen molar-refractivity contribution in [1.82, 2.24) is 9.88 Å². The molecule has 1 aromatic heterocycles. The Morgan fingerprint density at radius 2 is 2.00 bits per heavy atom. The molecule has 26 heavy (non-hydrogen) atoms. The molecule has 0 spiro atoms. The molecule has 1 aliphatic rings. The number of pyridine rings is 1. The SMILES string of the molecule is CC(C)Cc1cc(F)cc(-c2ccnc(OC3CCN(C)CC3)c2)c1N. The second kappa shape index (κ2) is 8.04. The summed E-state index contributed by atoms with van der Waals surface area (Å²) in [5, 5.41) is 0. The third-order valence-corrected chi connectivity index (χ3v) is 4.86. The lowest BCUT2D eigenvalue weighted by atomic mass is 9.95. The summed E-state index contributed by atoms with van der Waals surface area (Å²) < 4.78 is 20.2. The van der Waals surface area contributed by atoms with Crippen molar-refractivity contribution in [2.24, 2.45) is 5.92 Å². The standard InChI is InChI=1S/C21H28FN3O/c1-14(2)10-16-11-17(22)13-19(21(16)23)15-4-7-24-20(12-15)26-18-5-8-25(3)9-6-18/h4,7,11-14,18H,5-6,8-10,23H2,1-3H3. The number of nitrogens with zero attached hydrogens (tertiary/aromatic N) is 2. The Bertz CT molecular complexity index is 755. The third-order valence-electron chi connectivity index (χ3n) is 4.86. The fourth-order valence-corrected chi connectivity index (χ4v) is 3.44. The van der Waals surface area contributed by atoms with Gasteiger partial charge in [0.25, 0.3) is 0 Å². The van der Waals surface area contributed by atoms with Crippen molar-refractivity contribution in [2.75, 3.05) is 25.9 Å². The van der Waals surface area contributed by atoms with E-state index in [1.807, 2.05) is 12.1 Å². The molecule has 0 atom stereocenters. The number of anilines is 1. The molecular weight excluding hydrogens is 329 g/mol. The number of nitrogens with two attached hydrogens (primary N) is 1. The van der Waals surface area contributed by atoms with Gasteiger partial charge in [-0.05, 0) is 61.6 Å². The summed E-state index contributed by atoms with van der Waals surface area (Å²) in [5.74, 6) is 0.721. The van der Waals surface area contributed by atoms with Crippen LogP contribution in [0.3, 0.4) is 0 Å². The zero-order valence-corrected chi connectivity index (χ0v) is 15.8. The number of piperidine rings is 1. The van der Waals surface area contributed by atoms with Crippen LogP contribution in [0.25, 0.3) is 11.1 Å². The number of rotatable bonds is 5. The van der Waals surface area contributed by atoms with Crippen molar-refractivity contribution in [1.29, 1.82) is 0 Å². The van der Waals surface area contributed by atoms with Crippen molar-refractivity contribution >= 4 is 5.69 Å². The van der Waals surface area contributed by atoms with Gasteiger partial charge in [-0.25, -0.2) is 9.37 Å². The largest absolute Gasteiger partial charge is 0.474 e. The van der Waals surface area contributed by atoms with E-state index >= 15 is 0 Å². The molecule has 1 aromatic carbocycles. The van der Waals surface area contributed by atoms with Gasteiger partial charge in [0.1, 0.15) is 11.9 Å². The first kappa shape index (κ1) is 18.6. The fraction of sp³-hybridized carbons (Fsp3) is 0.476. The molecule has 2 heterocycles. The Balaban J connectivity index is 1.85. The summed E-state index contributed by atoms with van der Waals surface area (Å²) in [7, 11) is 2.12. The Labute approximate surface area is 155 Å². The average molecular weight is 357 g/mol. The molecule has 0 aliphatic carbocycles. The molecule has 2 aromatic rings. The van der Waals surface area contributed by atoms with E-state index < -0.39 is 0 Å². The Morgan fingerprint density at radius 1 is 1.27 bits per heavy atom. The highest BCUT2D eigenvalue weighted by Crippen LogP contribution is 2.32. The number of ether oxygens (including phenoxy) is 1. The van der Waals surface area contributed by atoms with Crippen LogP contribution in [0.2, 0.25) is 0 Å². The van der Waals surface area contributed by atoms with Crippen molar-refractivity contribution < 1.29 is 9.13 Å². The molecule has 4 nitrogen and oxygen atoms in total. The van der Waals surface area contributed by atoms with Gasteiger partial charge in [0.05, 0.1) is 0 Å². The number of benzene rings is 1. The highest BCUT2D eigenvalue weighted by atomic mass is 19.1. The van der Waals surface area contributed by atoms with Crippen molar-refractivity contribution in [3.05, 3.63) is 41.8 Å². The third kappa shape index (κ3) is 4.52. The molecule has 2 N–H and O–H groups in total. The van der Waals surface area contributed by atoms with E-state index in [2.05, 4.69) is 30.8 Å². The van der Waals surface area contributed by atoms with Crippen LogP contribution in [-0.2, 0) is 6.42 Å². The monoisotopic (exact) mass is 357 g/mol. The Morgan fingerprint density at radius 3 is 2.69 bits per heavy atom. The lowest BCUT2D eigenvalue weighted by Crippen LogP contribution is -2.35. The summed E-state index contributed by atoms with van der Waals surface area (Å²) in [6.45, 7) is 6.26. The molecule has 0 unspecified atom stereocenters. The van der Waals surface area contributed by atoms with Gasteiger partial charge in [-0.1, -0.05) is 13.8 Å². The van der Waals surface area contributed by atoms with Crippen LogP contribution in [0.5, 0.6) is 5.88 Å². The van der Waals surface area contributed by atoms with Gasteiger partial charge < -0.3 is 15.4 Å². The van der Waals surface area contributed by atoms with Crippen LogP contribution in [0, 0.1) is 11.7 Å². The number of halogens is 1. The summed E-state index contributed by atoms with van der Waals surface area (Å²) >= 11 is 0. The number of nitrogen functional groups attached to an aromatic ring is 1. The first-order valence-corrected chi connectivity index (χ1v) is 9.32. The summed E-state index contributed by atoms with van der Waals surface area (Å²) in [6, 6.07) is 6.75. The van der Waals surface area contributed by atoms with Gasteiger partial charge in [0.15, 0.2) is 0 Å². The average Bonchev–Trinajstić information content (AvgIpc) is 2.60. The van der Waals surface area contributed by atoms with Crippen LogP contribution in [0.1, 0.15) is 32.3 Å². The van der Waals surface area contributed by atoms with E-state index in [-0.39, 0.29) is 11.9 Å². The van der Waals surface area contributed by atoms with E-state index in [1.54, 1.807) is 6.20 Å². The van der Waals surface area contributed by atoms with E-state index in [0.717, 1.165) is 43.5 Å². The fourth-order valence-electron chi connectivity index (χ4n) is 3.44. The maximum atomic E-state index is 14.1. The lowest BCUT2D eigenvalue weighted by molar-refractivity contribution is 0.110. The van der Waals surface area contributed by atoms with Gasteiger partial charge in [0.2, 0.25) is 5.88 Å². The predicted molar refractivity (Wildman–Crippen MR) is 104 cm³/mol. The molecule has 1 fully saturated rings. The van der Waals surface area contributed by atoms with Crippen molar-refractivity contribution in [3.8, 4) is 17.0 Å². The number of hydrogen-bond donors (Lipinski definition) is 1. The second-order valence-electron chi connectivity index (χ2n) is 7.63. The summed E-state index contributed by atoms with van der Waals surface area (Å²) in [4.78, 5) is 6.63. The summed E-state index contributed by atoms with van der Waals surface area (Å²) in [5.41, 5.74) is 9.38. The quantitative estimate of drug-likeness (QED) is 0.817. The second-order valence-corrected chi connectivity index (χ2v) is 7.63. The molecular formula is C21H28FN3O. The first-order valence-electron chi connectivity index (χ1n) is 9.32. The smallest absolute Gasteiger partial charge is 0.214 e. The van der Waals surface area contributed by atoms with Gasteiger partial charge in [-0.3, -0.25) is 0 Å². The molecule has 1 saturated heterocycles. The van der Waals surface area contributed by atoms with Crippen LogP contribution >= 0.6 is 0 Å². The Hall–Kier alpha value is -2.14. The van der Waals surface area contributed by atoms with Crippen LogP contribution in [0.15, 0.2) is 30.5 Å². The van der Waals surface area contributed by atoms with Gasteiger partial charge in [-0.2, -0.15) is 0 Å². The normalized spacial score (nSPS) is 16.2. The van der Waals surface area contributed by atoms with Crippen molar-refractivity contribution in [3.63, 3.8) is 0 Å². The van der Waals surface area contributed by atoms with Crippen LogP contribution in [-0.4, -0.2) is 36.1 Å². The highest BCUT2D eigenvalue weighted by Gasteiger charge is 2.19. The molecule has 0 saturated carbocycles. The first-order chi connectivity index (χ1) is 12.4. The number of aromatic nitrogens is 1. The minimum atomic E-state index is -0.264. The van der Waals surface area contributed by atoms with Gasteiger partial charge in [0, 0.05) is 36.6 Å². The minimum absolute atomic E-state index is 0.176. The number of hydrogen-bond acceptors (Lipinski definition) is 4. The van der Waals surface area contributed by atoms with E-state index in [4.69, 9.17) is 10.5 Å². The van der Waals surface area contributed by atoms with E-state index in [9.17, 15) is 4.39 Å². The lowest BCUT2D eigenvalue weighted by Gasteiger charge is -2.29.